The van der Waals surface area contributed by atoms with Crippen molar-refractivity contribution in [3.8, 4) is 11.8 Å². The Morgan fingerprint density at radius 1 is 1.57 bits per heavy atom. The van der Waals surface area contributed by atoms with E-state index in [1.54, 1.807) is 0 Å². The number of ether oxygens (including phenoxy) is 1. The van der Waals surface area contributed by atoms with Crippen molar-refractivity contribution in [1.82, 2.24) is 4.98 Å². The van der Waals surface area contributed by atoms with Crippen molar-refractivity contribution in [3.63, 3.8) is 0 Å². The van der Waals surface area contributed by atoms with Crippen LogP contribution >= 0.6 is 0 Å². The minimum Gasteiger partial charge on any atom is -0.494 e. The molecule has 0 aliphatic carbocycles. The van der Waals surface area contributed by atoms with Gasteiger partial charge in [0.1, 0.15) is 11.6 Å². The number of nitrogens with zero attached hydrogens (tertiary/aromatic N) is 2. The van der Waals surface area contributed by atoms with Gasteiger partial charge in [-0.05, 0) is 0 Å². The first-order chi connectivity index (χ1) is 6.61. The lowest BCUT2D eigenvalue weighted by atomic mass is 10.1. The van der Waals surface area contributed by atoms with E-state index in [9.17, 15) is 13.2 Å². The summed E-state index contributed by atoms with van der Waals surface area (Å²) in [5.74, 6) is -1.51. The van der Waals surface area contributed by atoms with Crippen molar-refractivity contribution in [1.29, 1.82) is 5.26 Å². The Morgan fingerprint density at radius 3 is 2.64 bits per heavy atom. The molecular formula is C8H5F3N2O. The molecule has 0 bridgehead atoms. The maximum atomic E-state index is 12.8. The molecule has 14 heavy (non-hydrogen) atoms. The molecule has 74 valence electrons. The van der Waals surface area contributed by atoms with Crippen molar-refractivity contribution >= 4 is 0 Å². The van der Waals surface area contributed by atoms with Gasteiger partial charge in [0.2, 0.25) is 5.95 Å². The smallest absolute Gasteiger partial charge is 0.269 e. The molecule has 0 saturated carbocycles. The van der Waals surface area contributed by atoms with Crippen molar-refractivity contribution in [2.75, 3.05) is 7.11 Å². The minimum atomic E-state index is -3.09. The molecule has 1 aromatic rings. The van der Waals surface area contributed by atoms with Crippen LogP contribution in [0.25, 0.3) is 0 Å². The van der Waals surface area contributed by atoms with Crippen LogP contribution in [-0.2, 0) is 0 Å². The van der Waals surface area contributed by atoms with E-state index in [2.05, 4.69) is 9.72 Å². The molecule has 1 rings (SSSR count). The van der Waals surface area contributed by atoms with Gasteiger partial charge >= 0.3 is 0 Å². The number of hydrogen-bond acceptors (Lipinski definition) is 3. The quantitative estimate of drug-likeness (QED) is 0.689. The molecule has 1 aromatic heterocycles. The molecule has 0 saturated heterocycles. The van der Waals surface area contributed by atoms with Crippen LogP contribution in [0.3, 0.4) is 0 Å². The van der Waals surface area contributed by atoms with Gasteiger partial charge in [-0.2, -0.15) is 9.65 Å². The fourth-order valence-corrected chi connectivity index (χ4v) is 0.955. The Labute approximate surface area is 77.7 Å². The van der Waals surface area contributed by atoms with E-state index in [4.69, 9.17) is 5.26 Å². The van der Waals surface area contributed by atoms with E-state index >= 15 is 0 Å². The SMILES string of the molecule is COc1cnc(F)c(C(F)F)c1C#N. The molecule has 0 atom stereocenters. The summed E-state index contributed by atoms with van der Waals surface area (Å²) in [6, 6.07) is 1.45. The monoisotopic (exact) mass is 202 g/mol. The van der Waals surface area contributed by atoms with Gasteiger partial charge in [0.15, 0.2) is 5.75 Å². The zero-order valence-corrected chi connectivity index (χ0v) is 7.09. The Morgan fingerprint density at radius 2 is 2.21 bits per heavy atom. The molecule has 0 amide bonds. The van der Waals surface area contributed by atoms with Gasteiger partial charge in [0.05, 0.1) is 18.9 Å². The number of rotatable bonds is 2. The summed E-state index contributed by atoms with van der Waals surface area (Å²) in [5.41, 5.74) is -1.54. The fourth-order valence-electron chi connectivity index (χ4n) is 0.955. The Bertz CT molecular complexity index is 387. The molecule has 0 radical (unpaired) electrons. The van der Waals surface area contributed by atoms with Gasteiger partial charge < -0.3 is 4.74 Å². The molecule has 1 heterocycles. The third-order valence-corrected chi connectivity index (χ3v) is 1.58. The number of hydrogen-bond donors (Lipinski definition) is 0. The molecule has 0 N–H and O–H groups in total. The molecule has 6 heteroatoms. The summed E-state index contributed by atoms with van der Waals surface area (Å²) < 4.78 is 42.0. The third kappa shape index (κ3) is 1.62. The topological polar surface area (TPSA) is 45.9 Å². The van der Waals surface area contributed by atoms with E-state index < -0.39 is 23.5 Å². The zero-order chi connectivity index (χ0) is 10.7. The Hall–Kier alpha value is -1.77. The van der Waals surface area contributed by atoms with Crippen LogP contribution in [0.15, 0.2) is 6.20 Å². The van der Waals surface area contributed by atoms with E-state index in [0.29, 0.717) is 0 Å². The van der Waals surface area contributed by atoms with Crippen LogP contribution in [0.4, 0.5) is 13.2 Å². The lowest BCUT2D eigenvalue weighted by Gasteiger charge is -2.07. The zero-order valence-electron chi connectivity index (χ0n) is 7.09. The predicted molar refractivity (Wildman–Crippen MR) is 40.4 cm³/mol. The highest BCUT2D eigenvalue weighted by atomic mass is 19.3. The molecule has 0 spiro atoms. The number of methoxy groups -OCH3 is 1. The van der Waals surface area contributed by atoms with Gasteiger partial charge in [0, 0.05) is 0 Å². The van der Waals surface area contributed by atoms with Gasteiger partial charge in [-0.25, -0.2) is 13.8 Å². The predicted octanol–water partition coefficient (Wildman–Crippen LogP) is 2.04. The molecule has 0 aliphatic heterocycles. The first-order valence-electron chi connectivity index (χ1n) is 3.52. The summed E-state index contributed by atoms with van der Waals surface area (Å²) in [6.45, 7) is 0. The highest BCUT2D eigenvalue weighted by Crippen LogP contribution is 2.29. The van der Waals surface area contributed by atoms with Gasteiger partial charge in [-0.15, -0.1) is 0 Å². The average Bonchev–Trinajstić information content (AvgIpc) is 2.16. The number of alkyl halides is 2. The number of nitriles is 1. The third-order valence-electron chi connectivity index (χ3n) is 1.58. The Kier molecular flexibility index (Phi) is 2.92. The summed E-state index contributed by atoms with van der Waals surface area (Å²) >= 11 is 0. The Balaban J connectivity index is 3.45. The van der Waals surface area contributed by atoms with Crippen molar-refractivity contribution in [2.45, 2.75) is 6.43 Å². The van der Waals surface area contributed by atoms with Crippen LogP contribution in [0.1, 0.15) is 17.6 Å². The second-order valence-corrected chi connectivity index (χ2v) is 2.32. The first kappa shape index (κ1) is 10.3. The largest absolute Gasteiger partial charge is 0.494 e. The number of halogens is 3. The van der Waals surface area contributed by atoms with Crippen LogP contribution in [0.5, 0.6) is 5.75 Å². The minimum absolute atomic E-state index is 0.163. The van der Waals surface area contributed by atoms with Crippen LogP contribution < -0.4 is 4.74 Å². The molecule has 0 aliphatic rings. The summed E-state index contributed by atoms with van der Waals surface area (Å²) in [4.78, 5) is 3.06. The summed E-state index contributed by atoms with van der Waals surface area (Å²) in [5, 5.41) is 8.55. The maximum Gasteiger partial charge on any atom is 0.269 e. The summed E-state index contributed by atoms with van der Waals surface area (Å²) in [6.07, 6.45) is -2.20. The van der Waals surface area contributed by atoms with Gasteiger partial charge in [0.25, 0.3) is 6.43 Å². The van der Waals surface area contributed by atoms with Crippen molar-refractivity contribution < 1.29 is 17.9 Å². The highest BCUT2D eigenvalue weighted by molar-refractivity contribution is 5.47. The highest BCUT2D eigenvalue weighted by Gasteiger charge is 2.23. The van der Waals surface area contributed by atoms with Crippen LogP contribution in [-0.4, -0.2) is 12.1 Å². The molecular weight excluding hydrogens is 197 g/mol. The maximum absolute atomic E-state index is 12.8. The first-order valence-corrected chi connectivity index (χ1v) is 3.52. The van der Waals surface area contributed by atoms with Gasteiger partial charge in [-0.1, -0.05) is 0 Å². The van der Waals surface area contributed by atoms with E-state index in [1.807, 2.05) is 0 Å². The molecule has 0 unspecified atom stereocenters. The number of aromatic nitrogens is 1. The molecule has 0 aromatic carbocycles. The molecule has 0 fully saturated rings. The fraction of sp³-hybridized carbons (Fsp3) is 0.250. The van der Waals surface area contributed by atoms with Crippen LogP contribution in [0.2, 0.25) is 0 Å². The van der Waals surface area contributed by atoms with E-state index in [-0.39, 0.29) is 5.75 Å². The lowest BCUT2D eigenvalue weighted by Crippen LogP contribution is -2.01. The van der Waals surface area contributed by atoms with E-state index in [1.165, 1.54) is 13.2 Å². The molecule has 3 nitrogen and oxygen atoms in total. The average molecular weight is 202 g/mol. The van der Waals surface area contributed by atoms with E-state index in [0.717, 1.165) is 6.20 Å². The second kappa shape index (κ2) is 3.96. The summed E-state index contributed by atoms with van der Waals surface area (Å²) in [7, 11) is 1.19. The number of pyridine rings is 1. The van der Waals surface area contributed by atoms with Crippen molar-refractivity contribution in [2.24, 2.45) is 0 Å². The standard InChI is InChI=1S/C8H5F3N2O/c1-14-5-3-13-8(11)6(7(9)10)4(5)2-12/h3,7H,1H3. The van der Waals surface area contributed by atoms with Crippen molar-refractivity contribution in [3.05, 3.63) is 23.3 Å². The lowest BCUT2D eigenvalue weighted by molar-refractivity contribution is 0.144. The van der Waals surface area contributed by atoms with Gasteiger partial charge in [-0.3, -0.25) is 0 Å². The second-order valence-electron chi connectivity index (χ2n) is 2.32. The van der Waals surface area contributed by atoms with Crippen LogP contribution in [0, 0.1) is 17.3 Å². The normalized spacial score (nSPS) is 10.0.